The van der Waals surface area contributed by atoms with E-state index in [0.29, 0.717) is 32.1 Å². The van der Waals surface area contributed by atoms with Crippen molar-refractivity contribution < 1.29 is 38.1 Å². The second-order valence-corrected chi connectivity index (χ2v) is 15.4. The topological polar surface area (TPSA) is 120 Å². The van der Waals surface area contributed by atoms with Gasteiger partial charge in [0.1, 0.15) is 17.4 Å². The quantitative estimate of drug-likeness (QED) is 0.0459. The van der Waals surface area contributed by atoms with Gasteiger partial charge in [0, 0.05) is 30.9 Å². The summed E-state index contributed by atoms with van der Waals surface area (Å²) in [5.74, 6) is 0.00233. The molecule has 3 atom stereocenters. The zero-order valence-corrected chi connectivity index (χ0v) is 34.4. The number of hydrogen-bond acceptors (Lipinski definition) is 8. The number of unbranched alkanes of at least 4 members (excludes halogenated alkanes) is 7. The molecule has 0 aliphatic carbocycles. The maximum Gasteiger partial charge on any atom is 0.407 e. The van der Waals surface area contributed by atoms with E-state index in [4.69, 9.17) is 18.9 Å². The number of benzene rings is 2. The summed E-state index contributed by atoms with van der Waals surface area (Å²) in [6, 6.07) is 8.57. The van der Waals surface area contributed by atoms with Gasteiger partial charge >= 0.3 is 12.1 Å². The molecule has 1 fully saturated rings. The average molecular weight is 773 g/mol. The Morgan fingerprint density at radius 3 is 2.34 bits per heavy atom. The number of nitrogens with one attached hydrogen (secondary N) is 1. The van der Waals surface area contributed by atoms with E-state index in [2.05, 4.69) is 25.1 Å². The van der Waals surface area contributed by atoms with Gasteiger partial charge in [0.2, 0.25) is 5.91 Å². The third kappa shape index (κ3) is 13.2. The monoisotopic (exact) mass is 772 g/mol. The molecule has 1 aliphatic rings. The SMILES string of the molecule is C=CCCCCC[C@H](NC(=O)OCC(C)(C)CC=C)C(=O)C=CCCCCCCC(=O)N1C[C@](OC)(c2ccc3cc(OC)c(C=C)cc3c2)C[C@H]1C(=O)OC. The first kappa shape index (κ1) is 45.7. The van der Waals surface area contributed by atoms with Crippen LogP contribution in [0.3, 0.4) is 0 Å². The Bertz CT molecular complexity index is 1700. The molecule has 56 heavy (non-hydrogen) atoms. The van der Waals surface area contributed by atoms with Crippen LogP contribution in [0.25, 0.3) is 16.8 Å². The lowest BCUT2D eigenvalue weighted by Crippen LogP contribution is -2.41. The Kier molecular flexibility index (Phi) is 18.6. The summed E-state index contributed by atoms with van der Waals surface area (Å²) in [5, 5.41) is 4.74. The molecule has 0 radical (unpaired) electrons. The van der Waals surface area contributed by atoms with Crippen LogP contribution in [-0.4, -0.2) is 75.2 Å². The zero-order valence-electron chi connectivity index (χ0n) is 34.4. The van der Waals surface area contributed by atoms with E-state index in [9.17, 15) is 19.2 Å². The van der Waals surface area contributed by atoms with E-state index in [1.807, 2.05) is 56.3 Å². The van der Waals surface area contributed by atoms with Crippen LogP contribution in [0.15, 0.2) is 74.4 Å². The summed E-state index contributed by atoms with van der Waals surface area (Å²) < 4.78 is 22.2. The zero-order chi connectivity index (χ0) is 41.1. The van der Waals surface area contributed by atoms with Gasteiger partial charge in [0.15, 0.2) is 5.78 Å². The number of carbonyl (C=O) groups is 4. The van der Waals surface area contributed by atoms with Gasteiger partial charge in [0.05, 0.1) is 33.4 Å². The summed E-state index contributed by atoms with van der Waals surface area (Å²) in [6.07, 6.45) is 17.6. The molecule has 10 nitrogen and oxygen atoms in total. The molecule has 3 rings (SSSR count). The van der Waals surface area contributed by atoms with Crippen LogP contribution < -0.4 is 10.1 Å². The van der Waals surface area contributed by atoms with Crippen molar-refractivity contribution in [3.8, 4) is 5.75 Å². The highest BCUT2D eigenvalue weighted by atomic mass is 16.5. The fraction of sp³-hybridized carbons (Fsp3) is 0.522. The Hall–Kier alpha value is -4.70. The van der Waals surface area contributed by atoms with Crippen molar-refractivity contribution in [1.82, 2.24) is 10.2 Å². The van der Waals surface area contributed by atoms with E-state index in [1.54, 1.807) is 37.3 Å². The third-order valence-corrected chi connectivity index (χ3v) is 10.6. The molecule has 1 aliphatic heterocycles. The first-order valence-corrected chi connectivity index (χ1v) is 19.9. The summed E-state index contributed by atoms with van der Waals surface area (Å²) in [6.45, 7) is 15.9. The minimum absolute atomic E-state index is 0.116. The van der Waals surface area contributed by atoms with E-state index in [0.717, 1.165) is 72.6 Å². The van der Waals surface area contributed by atoms with Crippen LogP contribution >= 0.6 is 0 Å². The highest BCUT2D eigenvalue weighted by molar-refractivity contribution is 5.96. The fourth-order valence-electron chi connectivity index (χ4n) is 7.22. The van der Waals surface area contributed by atoms with Crippen molar-refractivity contribution in [2.24, 2.45) is 5.41 Å². The van der Waals surface area contributed by atoms with Crippen molar-refractivity contribution in [3.05, 3.63) is 85.5 Å². The molecular weight excluding hydrogens is 709 g/mol. The molecule has 2 aromatic rings. The molecule has 306 valence electrons. The van der Waals surface area contributed by atoms with Gasteiger partial charge in [-0.1, -0.05) is 82.5 Å². The van der Waals surface area contributed by atoms with E-state index >= 15 is 0 Å². The van der Waals surface area contributed by atoms with Crippen molar-refractivity contribution >= 4 is 40.6 Å². The van der Waals surface area contributed by atoms with Crippen LogP contribution in [0.4, 0.5) is 4.79 Å². The molecular formula is C46H64N2O8. The molecule has 2 aromatic carbocycles. The molecule has 0 unspecified atom stereocenters. The smallest absolute Gasteiger partial charge is 0.407 e. The lowest BCUT2D eigenvalue weighted by atomic mass is 9.89. The third-order valence-electron chi connectivity index (χ3n) is 10.6. The number of amides is 2. The van der Waals surface area contributed by atoms with E-state index < -0.39 is 29.7 Å². The molecule has 1 heterocycles. The molecule has 1 N–H and O–H groups in total. The van der Waals surface area contributed by atoms with E-state index in [-0.39, 0.29) is 36.7 Å². The predicted molar refractivity (Wildman–Crippen MR) is 223 cm³/mol. The maximum atomic E-state index is 13.6. The van der Waals surface area contributed by atoms with Crippen LogP contribution in [0.5, 0.6) is 5.75 Å². The number of hydrogen-bond donors (Lipinski definition) is 1. The lowest BCUT2D eigenvalue weighted by Gasteiger charge is -2.29. The molecule has 0 aromatic heterocycles. The van der Waals surface area contributed by atoms with Crippen LogP contribution in [0, 0.1) is 5.41 Å². The molecule has 0 bridgehead atoms. The number of carbonyl (C=O) groups excluding carboxylic acids is 4. The van der Waals surface area contributed by atoms with Crippen molar-refractivity contribution in [3.63, 3.8) is 0 Å². The number of methoxy groups -OCH3 is 3. The summed E-state index contributed by atoms with van der Waals surface area (Å²) in [4.78, 5) is 53.9. The van der Waals surface area contributed by atoms with Gasteiger partial charge in [-0.3, -0.25) is 9.59 Å². The first-order chi connectivity index (χ1) is 26.9. The van der Waals surface area contributed by atoms with Crippen LogP contribution in [-0.2, 0) is 34.2 Å². The van der Waals surface area contributed by atoms with Gasteiger partial charge in [0.25, 0.3) is 0 Å². The number of ketones is 1. The van der Waals surface area contributed by atoms with Gasteiger partial charge in [-0.25, -0.2) is 9.59 Å². The number of allylic oxidation sites excluding steroid dienone is 3. The first-order valence-electron chi connectivity index (χ1n) is 19.9. The molecule has 1 saturated heterocycles. The standard InChI is InChI=1S/C46H64N2O8/c1-9-12-13-16-19-22-38(47-44(52)56-33-45(4,5)27-10-2)40(49)23-20-17-14-15-18-21-24-42(50)48-32-46(55-8,31-39(48)43(51)54-7)37-26-25-35-30-41(53-6)34(11-3)28-36(35)29-37/h9-11,20,23,25-26,28-30,38-39H,1-3,12-19,21-22,24,27,31-33H2,4-8H3,(H,47,52)/t38-,39-,46-/m0/s1. The molecule has 2 amide bonds. The number of ether oxygens (including phenoxy) is 4. The lowest BCUT2D eigenvalue weighted by molar-refractivity contribution is -0.151. The van der Waals surface area contributed by atoms with Crippen LogP contribution in [0.2, 0.25) is 0 Å². The summed E-state index contributed by atoms with van der Waals surface area (Å²) in [5.41, 5.74) is 0.614. The van der Waals surface area contributed by atoms with Crippen molar-refractivity contribution in [1.29, 1.82) is 0 Å². The second kappa shape index (κ2) is 22.8. The average Bonchev–Trinajstić information content (AvgIpc) is 3.61. The largest absolute Gasteiger partial charge is 0.496 e. The van der Waals surface area contributed by atoms with Crippen molar-refractivity contribution in [2.45, 2.75) is 115 Å². The van der Waals surface area contributed by atoms with Gasteiger partial charge in [-0.15, -0.1) is 13.2 Å². The number of nitrogens with zero attached hydrogens (tertiary/aromatic N) is 1. The number of fused-ring (bicyclic) bond motifs is 1. The number of rotatable bonds is 25. The Labute approximate surface area is 334 Å². The van der Waals surface area contributed by atoms with Crippen LogP contribution in [0.1, 0.15) is 108 Å². The molecule has 10 heteroatoms. The minimum Gasteiger partial charge on any atom is -0.496 e. The maximum absolute atomic E-state index is 13.6. The second-order valence-electron chi connectivity index (χ2n) is 15.4. The molecule has 0 saturated carbocycles. The van der Waals surface area contributed by atoms with E-state index in [1.165, 1.54) is 7.11 Å². The highest BCUT2D eigenvalue weighted by Gasteiger charge is 2.50. The fourth-order valence-corrected chi connectivity index (χ4v) is 7.22. The normalized spacial score (nSPS) is 17.4. The number of likely N-dealkylation sites (tertiary alicyclic amines) is 1. The predicted octanol–water partition coefficient (Wildman–Crippen LogP) is 9.41. The number of esters is 1. The Balaban J connectivity index is 1.53. The summed E-state index contributed by atoms with van der Waals surface area (Å²) >= 11 is 0. The van der Waals surface area contributed by atoms with Gasteiger partial charge in [-0.2, -0.15) is 0 Å². The highest BCUT2D eigenvalue weighted by Crippen LogP contribution is 2.41. The van der Waals surface area contributed by atoms with Gasteiger partial charge < -0.3 is 29.2 Å². The van der Waals surface area contributed by atoms with Crippen molar-refractivity contribution in [2.75, 3.05) is 34.5 Å². The Morgan fingerprint density at radius 1 is 0.929 bits per heavy atom. The summed E-state index contributed by atoms with van der Waals surface area (Å²) in [7, 11) is 4.58. The Morgan fingerprint density at radius 2 is 1.66 bits per heavy atom. The molecule has 0 spiro atoms. The van der Waals surface area contributed by atoms with Gasteiger partial charge in [-0.05, 0) is 85.6 Å². The number of alkyl carbamates (subject to hydrolysis) is 1. The minimum atomic E-state index is -0.885.